The van der Waals surface area contributed by atoms with E-state index in [4.69, 9.17) is 4.74 Å². The summed E-state index contributed by atoms with van der Waals surface area (Å²) in [4.78, 5) is 18.7. The Bertz CT molecular complexity index is 955. The average molecular weight is 406 g/mol. The summed E-state index contributed by atoms with van der Waals surface area (Å²) in [5, 5.41) is 7.16. The molecule has 7 nitrogen and oxygen atoms in total. The molecule has 0 spiro atoms. The smallest absolute Gasteiger partial charge is 0.257 e. The fourth-order valence-corrected chi connectivity index (χ4v) is 3.71. The minimum atomic E-state index is -0.213. The van der Waals surface area contributed by atoms with E-state index >= 15 is 0 Å². The third-order valence-electron chi connectivity index (χ3n) is 5.41. The molecule has 1 amide bonds. The van der Waals surface area contributed by atoms with Crippen LogP contribution in [0.2, 0.25) is 0 Å². The Labute approximate surface area is 176 Å². The fourth-order valence-electron chi connectivity index (χ4n) is 3.71. The molecule has 3 heterocycles. The molecule has 7 heteroatoms. The quantitative estimate of drug-likeness (QED) is 0.578. The number of amides is 1. The van der Waals surface area contributed by atoms with Crippen LogP contribution in [0.1, 0.15) is 36.5 Å². The highest BCUT2D eigenvalue weighted by Gasteiger charge is 2.19. The van der Waals surface area contributed by atoms with Crippen LogP contribution in [0.5, 0.6) is 5.75 Å². The van der Waals surface area contributed by atoms with Crippen molar-refractivity contribution < 1.29 is 9.53 Å². The highest BCUT2D eigenvalue weighted by Crippen LogP contribution is 2.19. The number of anilines is 1. The Hall–Kier alpha value is -3.19. The van der Waals surface area contributed by atoms with E-state index < -0.39 is 0 Å². The molecule has 30 heavy (non-hydrogen) atoms. The summed E-state index contributed by atoms with van der Waals surface area (Å²) >= 11 is 0. The standard InChI is InChI=1S/C23H27N5O2/c1-18-5-3-12-27(18)13-4-14-30-22-9-7-21(8-10-22)28-17-20(16-25-28)26-23(29)19-6-2-11-24-15-19/h2,6-11,15-18H,3-5,12-14H2,1H3,(H,26,29). The largest absolute Gasteiger partial charge is 0.494 e. The van der Waals surface area contributed by atoms with Crippen LogP contribution in [-0.2, 0) is 0 Å². The molecule has 1 fully saturated rings. The molecule has 1 saturated heterocycles. The third kappa shape index (κ3) is 5.04. The van der Waals surface area contributed by atoms with Gasteiger partial charge in [-0.25, -0.2) is 4.68 Å². The number of nitrogens with one attached hydrogen (secondary N) is 1. The van der Waals surface area contributed by atoms with Crippen LogP contribution in [-0.4, -0.2) is 51.3 Å². The topological polar surface area (TPSA) is 72.3 Å². The van der Waals surface area contributed by atoms with Crippen molar-refractivity contribution in [2.45, 2.75) is 32.2 Å². The van der Waals surface area contributed by atoms with E-state index in [2.05, 4.69) is 27.2 Å². The zero-order chi connectivity index (χ0) is 20.8. The van der Waals surface area contributed by atoms with Gasteiger partial charge in [0.15, 0.2) is 0 Å². The molecule has 0 radical (unpaired) electrons. The van der Waals surface area contributed by atoms with Crippen molar-refractivity contribution in [2.75, 3.05) is 25.0 Å². The SMILES string of the molecule is CC1CCCN1CCCOc1ccc(-n2cc(NC(=O)c3cccnc3)cn2)cc1. The van der Waals surface area contributed by atoms with Crippen molar-refractivity contribution in [3.05, 3.63) is 66.7 Å². The van der Waals surface area contributed by atoms with E-state index in [1.807, 2.05) is 24.3 Å². The molecule has 0 bridgehead atoms. The Kier molecular flexibility index (Phi) is 6.39. The molecular formula is C23H27N5O2. The van der Waals surface area contributed by atoms with Gasteiger partial charge in [0, 0.05) is 25.0 Å². The van der Waals surface area contributed by atoms with Crippen LogP contribution >= 0.6 is 0 Å². The van der Waals surface area contributed by atoms with Crippen LogP contribution in [0.4, 0.5) is 5.69 Å². The second kappa shape index (κ2) is 9.54. The van der Waals surface area contributed by atoms with Crippen LogP contribution in [0.15, 0.2) is 61.2 Å². The third-order valence-corrected chi connectivity index (χ3v) is 5.41. The number of ether oxygens (including phenoxy) is 1. The minimum absolute atomic E-state index is 0.213. The van der Waals surface area contributed by atoms with Crippen molar-refractivity contribution in [3.63, 3.8) is 0 Å². The zero-order valence-corrected chi connectivity index (χ0v) is 17.2. The lowest BCUT2D eigenvalue weighted by molar-refractivity contribution is 0.102. The van der Waals surface area contributed by atoms with Crippen LogP contribution in [0.25, 0.3) is 5.69 Å². The van der Waals surface area contributed by atoms with Gasteiger partial charge in [-0.2, -0.15) is 5.10 Å². The van der Waals surface area contributed by atoms with Gasteiger partial charge in [-0.15, -0.1) is 0 Å². The lowest BCUT2D eigenvalue weighted by Crippen LogP contribution is -2.28. The number of rotatable bonds is 8. The summed E-state index contributed by atoms with van der Waals surface area (Å²) in [6, 6.07) is 12.0. The number of aromatic nitrogens is 3. The summed E-state index contributed by atoms with van der Waals surface area (Å²) in [7, 11) is 0. The molecule has 0 aliphatic carbocycles. The van der Waals surface area contributed by atoms with E-state index in [-0.39, 0.29) is 5.91 Å². The van der Waals surface area contributed by atoms with Crippen molar-refractivity contribution in [3.8, 4) is 11.4 Å². The van der Waals surface area contributed by atoms with Gasteiger partial charge in [0.05, 0.1) is 35.9 Å². The van der Waals surface area contributed by atoms with Gasteiger partial charge < -0.3 is 15.0 Å². The maximum Gasteiger partial charge on any atom is 0.257 e. The Morgan fingerprint density at radius 1 is 1.23 bits per heavy atom. The Morgan fingerprint density at radius 3 is 2.83 bits per heavy atom. The highest BCUT2D eigenvalue weighted by atomic mass is 16.5. The molecule has 1 N–H and O–H groups in total. The average Bonchev–Trinajstić information content (AvgIpc) is 3.41. The summed E-state index contributed by atoms with van der Waals surface area (Å²) in [6.07, 6.45) is 10.2. The Morgan fingerprint density at radius 2 is 2.10 bits per heavy atom. The number of pyridine rings is 1. The first-order valence-corrected chi connectivity index (χ1v) is 10.4. The van der Waals surface area contributed by atoms with Crippen LogP contribution in [0.3, 0.4) is 0 Å². The van der Waals surface area contributed by atoms with Gasteiger partial charge in [0.2, 0.25) is 0 Å². The molecule has 1 aliphatic heterocycles. The van der Waals surface area contributed by atoms with Crippen molar-refractivity contribution in [1.82, 2.24) is 19.7 Å². The molecule has 1 atom stereocenters. The van der Waals surface area contributed by atoms with Gasteiger partial charge in [0.25, 0.3) is 5.91 Å². The van der Waals surface area contributed by atoms with Gasteiger partial charge in [-0.1, -0.05) is 0 Å². The summed E-state index contributed by atoms with van der Waals surface area (Å²) in [6.45, 7) is 5.33. The molecule has 1 unspecified atom stereocenters. The molecule has 4 rings (SSSR count). The molecule has 1 aromatic carbocycles. The number of carbonyl (C=O) groups is 1. The first-order chi connectivity index (χ1) is 14.7. The second-order valence-corrected chi connectivity index (χ2v) is 7.59. The maximum absolute atomic E-state index is 12.2. The lowest BCUT2D eigenvalue weighted by atomic mass is 10.2. The predicted molar refractivity (Wildman–Crippen MR) is 116 cm³/mol. The predicted octanol–water partition coefficient (Wildman–Crippen LogP) is 3.77. The lowest BCUT2D eigenvalue weighted by Gasteiger charge is -2.20. The number of hydrogen-bond acceptors (Lipinski definition) is 5. The molecule has 3 aromatic rings. The molecule has 0 saturated carbocycles. The molecule has 156 valence electrons. The van der Waals surface area contributed by atoms with E-state index in [0.717, 1.165) is 31.0 Å². The van der Waals surface area contributed by atoms with E-state index in [1.54, 1.807) is 35.4 Å². The second-order valence-electron chi connectivity index (χ2n) is 7.59. The maximum atomic E-state index is 12.2. The van der Waals surface area contributed by atoms with Crippen LogP contribution < -0.4 is 10.1 Å². The zero-order valence-electron chi connectivity index (χ0n) is 17.2. The molecule has 2 aromatic heterocycles. The van der Waals surface area contributed by atoms with Crippen molar-refractivity contribution >= 4 is 11.6 Å². The van der Waals surface area contributed by atoms with Crippen molar-refractivity contribution in [1.29, 1.82) is 0 Å². The highest BCUT2D eigenvalue weighted by molar-refractivity contribution is 6.03. The van der Waals surface area contributed by atoms with Crippen LogP contribution in [0, 0.1) is 0 Å². The van der Waals surface area contributed by atoms with E-state index in [1.165, 1.54) is 25.6 Å². The molecule has 1 aliphatic rings. The summed E-state index contributed by atoms with van der Waals surface area (Å²) in [5.41, 5.74) is 2.03. The monoisotopic (exact) mass is 405 g/mol. The van der Waals surface area contributed by atoms with E-state index in [0.29, 0.717) is 17.3 Å². The number of carbonyl (C=O) groups excluding carboxylic acids is 1. The fraction of sp³-hybridized carbons (Fsp3) is 0.348. The Balaban J connectivity index is 1.27. The van der Waals surface area contributed by atoms with E-state index in [9.17, 15) is 4.79 Å². The first-order valence-electron chi connectivity index (χ1n) is 10.4. The van der Waals surface area contributed by atoms with Gasteiger partial charge in [-0.05, 0) is 69.1 Å². The first kappa shape index (κ1) is 20.1. The number of likely N-dealkylation sites (tertiary alicyclic amines) is 1. The minimum Gasteiger partial charge on any atom is -0.494 e. The summed E-state index contributed by atoms with van der Waals surface area (Å²) < 4.78 is 7.60. The van der Waals surface area contributed by atoms with Gasteiger partial charge in [0.1, 0.15) is 5.75 Å². The van der Waals surface area contributed by atoms with Gasteiger partial charge >= 0.3 is 0 Å². The normalized spacial score (nSPS) is 16.5. The molecular weight excluding hydrogens is 378 g/mol. The van der Waals surface area contributed by atoms with Crippen molar-refractivity contribution in [2.24, 2.45) is 0 Å². The number of benzene rings is 1. The summed E-state index contributed by atoms with van der Waals surface area (Å²) in [5.74, 6) is 0.639. The number of hydrogen-bond donors (Lipinski definition) is 1. The number of nitrogens with zero attached hydrogens (tertiary/aromatic N) is 4. The van der Waals surface area contributed by atoms with Gasteiger partial charge in [-0.3, -0.25) is 9.78 Å².